The number of guanidine groups is 1. The number of alkyl halides is 1. The van der Waals surface area contributed by atoms with Crippen LogP contribution < -0.4 is 15.8 Å². The molecule has 0 bridgehead atoms. The van der Waals surface area contributed by atoms with E-state index in [0.717, 1.165) is 5.56 Å². The van der Waals surface area contributed by atoms with Gasteiger partial charge < -0.3 is 15.8 Å². The van der Waals surface area contributed by atoms with Gasteiger partial charge in [0.1, 0.15) is 12.4 Å². The van der Waals surface area contributed by atoms with E-state index < -0.39 is 18.1 Å². The number of carbonyl (C=O) groups is 2. The van der Waals surface area contributed by atoms with Crippen LogP contribution in [-0.2, 0) is 10.3 Å². The van der Waals surface area contributed by atoms with E-state index in [9.17, 15) is 14.0 Å². The smallest absolute Gasteiger partial charge is 0.275 e. The van der Waals surface area contributed by atoms with Crippen LogP contribution in [0.5, 0.6) is 5.88 Å². The van der Waals surface area contributed by atoms with Gasteiger partial charge in [-0.3, -0.25) is 14.5 Å². The van der Waals surface area contributed by atoms with Crippen LogP contribution >= 0.6 is 0 Å². The standard InChI is InChI=1S/C21H21FN6O3/c1-21(11-18(29)28(2)20(23)27-21)14-6-5-7-15(10-14)26-19(30)16-12-25-17(13-24-16)31-9-4-3-8-22/h5-7,10,12-13H,8-9,11H2,1-2H3,(H2,23,27)(H,26,30). The minimum absolute atomic E-state index is 0.0268. The molecule has 10 heteroatoms. The zero-order valence-electron chi connectivity index (χ0n) is 17.1. The number of hydrogen-bond donors (Lipinski definition) is 2. The molecule has 2 heterocycles. The summed E-state index contributed by atoms with van der Waals surface area (Å²) in [7, 11) is 1.58. The van der Waals surface area contributed by atoms with E-state index in [1.807, 2.05) is 13.0 Å². The second kappa shape index (κ2) is 9.21. The molecule has 0 saturated heterocycles. The molecule has 1 atom stereocenters. The molecule has 1 unspecified atom stereocenters. The van der Waals surface area contributed by atoms with Crippen LogP contribution in [0.4, 0.5) is 10.1 Å². The molecule has 2 aromatic rings. The number of amides is 2. The predicted molar refractivity (Wildman–Crippen MR) is 112 cm³/mol. The van der Waals surface area contributed by atoms with E-state index >= 15 is 0 Å². The van der Waals surface area contributed by atoms with Crippen molar-refractivity contribution >= 4 is 23.5 Å². The van der Waals surface area contributed by atoms with Gasteiger partial charge in [0.25, 0.3) is 5.91 Å². The van der Waals surface area contributed by atoms with Crippen molar-refractivity contribution < 1.29 is 18.7 Å². The molecule has 9 nitrogen and oxygen atoms in total. The fourth-order valence-electron chi connectivity index (χ4n) is 2.92. The van der Waals surface area contributed by atoms with Gasteiger partial charge in [-0.1, -0.05) is 24.0 Å². The third kappa shape index (κ3) is 5.14. The Morgan fingerprint density at radius 1 is 1.35 bits per heavy atom. The summed E-state index contributed by atoms with van der Waals surface area (Å²) >= 11 is 0. The second-order valence-electron chi connectivity index (χ2n) is 6.92. The molecule has 0 saturated carbocycles. The number of nitrogens with two attached hydrogens (primary N) is 1. The SMILES string of the molecule is CN1C(=O)CC(C)(c2cccc(NC(=O)c3cnc(OCC#CCF)cn3)c2)N=C1N. The topological polar surface area (TPSA) is 123 Å². The van der Waals surface area contributed by atoms with E-state index in [0.29, 0.717) is 5.69 Å². The van der Waals surface area contributed by atoms with E-state index in [2.05, 4.69) is 32.1 Å². The Kier molecular flexibility index (Phi) is 6.45. The summed E-state index contributed by atoms with van der Waals surface area (Å²) in [5.74, 6) is 4.38. The van der Waals surface area contributed by atoms with E-state index in [1.165, 1.54) is 17.3 Å². The Bertz CT molecular complexity index is 1080. The lowest BCUT2D eigenvalue weighted by atomic mass is 9.87. The number of hydrogen-bond acceptors (Lipinski definition) is 7. The van der Waals surface area contributed by atoms with Gasteiger partial charge in [-0.25, -0.2) is 19.4 Å². The molecule has 0 radical (unpaired) electrons. The van der Waals surface area contributed by atoms with E-state index in [4.69, 9.17) is 10.5 Å². The first-order chi connectivity index (χ1) is 14.8. The van der Waals surface area contributed by atoms with Crippen molar-refractivity contribution in [1.29, 1.82) is 0 Å². The first-order valence-corrected chi connectivity index (χ1v) is 9.33. The molecule has 1 aromatic heterocycles. The van der Waals surface area contributed by atoms with Crippen molar-refractivity contribution in [2.45, 2.75) is 18.9 Å². The Hall–Kier alpha value is -4.00. The van der Waals surface area contributed by atoms with Crippen LogP contribution in [0.15, 0.2) is 41.7 Å². The van der Waals surface area contributed by atoms with Crippen molar-refractivity contribution in [3.05, 3.63) is 47.9 Å². The van der Waals surface area contributed by atoms with E-state index in [1.54, 1.807) is 25.2 Å². The number of rotatable bonds is 5. The van der Waals surface area contributed by atoms with Gasteiger partial charge in [0.05, 0.1) is 24.4 Å². The molecule has 0 spiro atoms. The van der Waals surface area contributed by atoms with Crippen LogP contribution in [0.3, 0.4) is 0 Å². The lowest BCUT2D eigenvalue weighted by molar-refractivity contribution is -0.128. The zero-order valence-corrected chi connectivity index (χ0v) is 17.1. The molecular weight excluding hydrogens is 403 g/mol. The normalized spacial score (nSPS) is 18.0. The minimum Gasteiger partial charge on any atom is -0.463 e. The van der Waals surface area contributed by atoms with Crippen LogP contribution in [0, 0.1) is 11.8 Å². The molecule has 31 heavy (non-hydrogen) atoms. The third-order valence-corrected chi connectivity index (χ3v) is 4.66. The van der Waals surface area contributed by atoms with Crippen molar-refractivity contribution in [2.75, 3.05) is 25.6 Å². The Morgan fingerprint density at radius 2 is 2.16 bits per heavy atom. The summed E-state index contributed by atoms with van der Waals surface area (Å²) in [6, 6.07) is 7.03. The maximum absolute atomic E-state index is 12.5. The maximum Gasteiger partial charge on any atom is 0.275 e. The van der Waals surface area contributed by atoms with Crippen molar-refractivity contribution in [2.24, 2.45) is 10.7 Å². The average molecular weight is 424 g/mol. The summed E-state index contributed by atoms with van der Waals surface area (Å²) in [5.41, 5.74) is 6.36. The number of ether oxygens (including phenoxy) is 1. The molecule has 3 N–H and O–H groups in total. The summed E-state index contributed by atoms with van der Waals surface area (Å²) in [6.07, 6.45) is 2.70. The minimum atomic E-state index is -0.835. The summed E-state index contributed by atoms with van der Waals surface area (Å²) in [6.45, 7) is 1.04. The molecule has 1 aliphatic heterocycles. The monoisotopic (exact) mass is 424 g/mol. The number of carbonyl (C=O) groups excluding carboxylic acids is 2. The largest absolute Gasteiger partial charge is 0.463 e. The number of anilines is 1. The first-order valence-electron chi connectivity index (χ1n) is 9.33. The third-order valence-electron chi connectivity index (χ3n) is 4.66. The summed E-state index contributed by atoms with van der Waals surface area (Å²) in [5, 5.41) is 2.74. The number of nitrogens with one attached hydrogen (secondary N) is 1. The molecule has 0 aliphatic carbocycles. The molecule has 0 fully saturated rings. The predicted octanol–water partition coefficient (Wildman–Crippen LogP) is 1.47. The Labute approximate surface area is 178 Å². The number of aromatic nitrogens is 2. The highest BCUT2D eigenvalue weighted by atomic mass is 19.1. The quantitative estimate of drug-likeness (QED) is 0.701. The average Bonchev–Trinajstić information content (AvgIpc) is 2.75. The van der Waals surface area contributed by atoms with Gasteiger partial charge in [0.2, 0.25) is 11.8 Å². The summed E-state index contributed by atoms with van der Waals surface area (Å²) in [4.78, 5) is 38.5. The zero-order chi connectivity index (χ0) is 22.4. The van der Waals surface area contributed by atoms with Gasteiger partial charge in [0, 0.05) is 12.7 Å². The van der Waals surface area contributed by atoms with Gasteiger partial charge in [-0.15, -0.1) is 0 Å². The summed E-state index contributed by atoms with van der Waals surface area (Å²) < 4.78 is 17.1. The van der Waals surface area contributed by atoms with Crippen LogP contribution in [0.2, 0.25) is 0 Å². The fourth-order valence-corrected chi connectivity index (χ4v) is 2.92. The Balaban J connectivity index is 1.71. The lowest BCUT2D eigenvalue weighted by Crippen LogP contribution is -2.47. The van der Waals surface area contributed by atoms with Crippen molar-refractivity contribution in [3.63, 3.8) is 0 Å². The molecule has 3 rings (SSSR count). The molecule has 1 aromatic carbocycles. The number of benzene rings is 1. The number of halogens is 1. The van der Waals surface area contributed by atoms with Crippen molar-refractivity contribution in [1.82, 2.24) is 14.9 Å². The number of aliphatic imine (C=N–C) groups is 1. The molecule has 1 aliphatic rings. The first kappa shape index (κ1) is 21.7. The van der Waals surface area contributed by atoms with Gasteiger partial charge in [0.15, 0.2) is 12.6 Å². The van der Waals surface area contributed by atoms with Gasteiger partial charge >= 0.3 is 0 Å². The van der Waals surface area contributed by atoms with Crippen LogP contribution in [0.1, 0.15) is 29.4 Å². The lowest BCUT2D eigenvalue weighted by Gasteiger charge is -2.33. The molecule has 2 amide bonds. The highest BCUT2D eigenvalue weighted by Gasteiger charge is 2.36. The van der Waals surface area contributed by atoms with Gasteiger partial charge in [-0.05, 0) is 24.6 Å². The van der Waals surface area contributed by atoms with Crippen LogP contribution in [0.25, 0.3) is 0 Å². The highest BCUT2D eigenvalue weighted by Crippen LogP contribution is 2.34. The highest BCUT2D eigenvalue weighted by molar-refractivity contribution is 6.03. The number of nitrogens with zero attached hydrogens (tertiary/aromatic N) is 4. The molecule has 160 valence electrons. The van der Waals surface area contributed by atoms with Crippen molar-refractivity contribution in [3.8, 4) is 17.7 Å². The fraction of sp³-hybridized carbons (Fsp3) is 0.286. The van der Waals surface area contributed by atoms with Gasteiger partial charge in [-0.2, -0.15) is 0 Å². The van der Waals surface area contributed by atoms with Crippen LogP contribution in [-0.4, -0.2) is 53.0 Å². The Morgan fingerprint density at radius 3 is 2.84 bits per heavy atom. The second-order valence-corrected chi connectivity index (χ2v) is 6.92. The maximum atomic E-state index is 12.5. The van der Waals surface area contributed by atoms with E-state index in [-0.39, 0.29) is 36.5 Å². The molecular formula is C21H21FN6O3.